The van der Waals surface area contributed by atoms with Crippen molar-refractivity contribution in [2.45, 2.75) is 32.4 Å². The van der Waals surface area contributed by atoms with E-state index in [1.54, 1.807) is 0 Å². The van der Waals surface area contributed by atoms with Gasteiger partial charge in [0.05, 0.1) is 6.42 Å². The van der Waals surface area contributed by atoms with Crippen LogP contribution in [0.25, 0.3) is 0 Å². The van der Waals surface area contributed by atoms with Crippen molar-refractivity contribution in [2.24, 2.45) is 0 Å². The van der Waals surface area contributed by atoms with E-state index in [0.717, 1.165) is 31.0 Å². The molecule has 1 heterocycles. The molecule has 0 amide bonds. The second kappa shape index (κ2) is 6.96. The van der Waals surface area contributed by atoms with Gasteiger partial charge in [0.25, 0.3) is 0 Å². The second-order valence-electron chi connectivity index (χ2n) is 4.97. The number of aliphatic carboxylic acids is 1. The fourth-order valence-electron chi connectivity index (χ4n) is 2.40. The summed E-state index contributed by atoms with van der Waals surface area (Å²) in [6.07, 6.45) is 1.31. The van der Waals surface area contributed by atoms with Crippen molar-refractivity contribution < 1.29 is 9.90 Å². The van der Waals surface area contributed by atoms with Gasteiger partial charge in [-0.1, -0.05) is 31.2 Å². The third kappa shape index (κ3) is 4.25. The Balaban J connectivity index is 1.99. The molecule has 4 heteroatoms. The van der Waals surface area contributed by atoms with Gasteiger partial charge in [0.1, 0.15) is 0 Å². The molecule has 19 heavy (non-hydrogen) atoms. The third-order valence-corrected chi connectivity index (χ3v) is 4.67. The Morgan fingerprint density at radius 1 is 1.37 bits per heavy atom. The molecule has 2 rings (SSSR count). The first-order chi connectivity index (χ1) is 9.19. The quantitative estimate of drug-likeness (QED) is 0.899. The van der Waals surface area contributed by atoms with Crippen molar-refractivity contribution in [3.8, 4) is 0 Å². The molecule has 1 fully saturated rings. The van der Waals surface area contributed by atoms with Gasteiger partial charge in [0.2, 0.25) is 0 Å². The number of benzene rings is 1. The fourth-order valence-corrected chi connectivity index (χ4v) is 3.53. The van der Waals surface area contributed by atoms with Gasteiger partial charge in [-0.05, 0) is 17.5 Å². The standard InChI is InChI=1S/C15H21NO2S/c1-2-12-3-5-13(6-4-12)10-16-7-8-19-11-14(16)9-15(17)18/h3-6,14H,2,7-11H2,1H3,(H,17,18). The lowest BCUT2D eigenvalue weighted by Gasteiger charge is -2.34. The topological polar surface area (TPSA) is 40.5 Å². The largest absolute Gasteiger partial charge is 0.481 e. The maximum Gasteiger partial charge on any atom is 0.304 e. The monoisotopic (exact) mass is 279 g/mol. The zero-order chi connectivity index (χ0) is 13.7. The van der Waals surface area contributed by atoms with Gasteiger partial charge in [-0.25, -0.2) is 0 Å². The van der Waals surface area contributed by atoms with Gasteiger partial charge in [-0.15, -0.1) is 0 Å². The molecule has 0 spiro atoms. The molecule has 104 valence electrons. The highest BCUT2D eigenvalue weighted by atomic mass is 32.2. The van der Waals surface area contributed by atoms with Crippen LogP contribution in [-0.2, 0) is 17.8 Å². The van der Waals surface area contributed by atoms with Gasteiger partial charge in [-0.3, -0.25) is 9.69 Å². The number of hydrogen-bond donors (Lipinski definition) is 1. The summed E-state index contributed by atoms with van der Waals surface area (Å²) in [4.78, 5) is 13.2. The number of hydrogen-bond acceptors (Lipinski definition) is 3. The van der Waals surface area contributed by atoms with Gasteiger partial charge in [0.15, 0.2) is 0 Å². The normalized spacial score (nSPS) is 20.4. The molecule has 1 aromatic carbocycles. The highest BCUT2D eigenvalue weighted by Gasteiger charge is 2.24. The Hall–Kier alpha value is -1.00. The molecule has 1 unspecified atom stereocenters. The van der Waals surface area contributed by atoms with Gasteiger partial charge in [-0.2, -0.15) is 11.8 Å². The first kappa shape index (κ1) is 14.4. The number of aryl methyl sites for hydroxylation is 1. The predicted octanol–water partition coefficient (Wildman–Crippen LogP) is 2.64. The summed E-state index contributed by atoms with van der Waals surface area (Å²) in [5.74, 6) is 1.33. The summed E-state index contributed by atoms with van der Waals surface area (Å²) >= 11 is 1.86. The highest BCUT2D eigenvalue weighted by molar-refractivity contribution is 7.99. The maximum absolute atomic E-state index is 10.9. The Morgan fingerprint density at radius 2 is 2.05 bits per heavy atom. The maximum atomic E-state index is 10.9. The Labute approximate surface area is 119 Å². The van der Waals surface area contributed by atoms with Crippen molar-refractivity contribution in [2.75, 3.05) is 18.1 Å². The number of thioether (sulfide) groups is 1. The smallest absolute Gasteiger partial charge is 0.304 e. The lowest BCUT2D eigenvalue weighted by Crippen LogP contribution is -2.42. The molecule has 1 aliphatic rings. The van der Waals surface area contributed by atoms with Crippen LogP contribution in [0.1, 0.15) is 24.5 Å². The lowest BCUT2D eigenvalue weighted by molar-refractivity contribution is -0.138. The molecule has 1 aromatic rings. The molecule has 0 saturated carbocycles. The van der Waals surface area contributed by atoms with Gasteiger partial charge in [0, 0.05) is 30.6 Å². The SMILES string of the molecule is CCc1ccc(CN2CCSCC2CC(=O)O)cc1. The summed E-state index contributed by atoms with van der Waals surface area (Å²) in [5.41, 5.74) is 2.62. The van der Waals surface area contributed by atoms with E-state index in [4.69, 9.17) is 5.11 Å². The van der Waals surface area contributed by atoms with E-state index in [9.17, 15) is 4.79 Å². The summed E-state index contributed by atoms with van der Waals surface area (Å²) in [7, 11) is 0. The van der Waals surface area contributed by atoms with Crippen molar-refractivity contribution in [1.29, 1.82) is 0 Å². The van der Waals surface area contributed by atoms with Crippen LogP contribution in [0.15, 0.2) is 24.3 Å². The van der Waals surface area contributed by atoms with Crippen LogP contribution >= 0.6 is 11.8 Å². The molecular weight excluding hydrogens is 258 g/mol. The number of carbonyl (C=O) groups is 1. The third-order valence-electron chi connectivity index (χ3n) is 3.58. The van der Waals surface area contributed by atoms with Crippen LogP contribution in [0, 0.1) is 0 Å². The van der Waals surface area contributed by atoms with Crippen LogP contribution in [-0.4, -0.2) is 40.1 Å². The number of carboxylic acids is 1. The Kier molecular flexibility index (Phi) is 5.28. The minimum atomic E-state index is -0.696. The first-order valence-electron chi connectivity index (χ1n) is 6.80. The Morgan fingerprint density at radius 3 is 2.68 bits per heavy atom. The van der Waals surface area contributed by atoms with Crippen molar-refractivity contribution in [3.63, 3.8) is 0 Å². The number of rotatable bonds is 5. The van der Waals surface area contributed by atoms with E-state index in [2.05, 4.69) is 36.1 Å². The molecular formula is C15H21NO2S. The van der Waals surface area contributed by atoms with E-state index < -0.39 is 5.97 Å². The van der Waals surface area contributed by atoms with Crippen LogP contribution in [0.2, 0.25) is 0 Å². The lowest BCUT2D eigenvalue weighted by atomic mass is 10.1. The minimum Gasteiger partial charge on any atom is -0.481 e. The van der Waals surface area contributed by atoms with E-state index >= 15 is 0 Å². The summed E-state index contributed by atoms with van der Waals surface area (Å²) in [6, 6.07) is 8.83. The first-order valence-corrected chi connectivity index (χ1v) is 7.96. The number of carboxylic acid groups (broad SMARTS) is 1. The molecule has 1 aliphatic heterocycles. The van der Waals surface area contributed by atoms with Crippen molar-refractivity contribution >= 4 is 17.7 Å². The molecule has 3 nitrogen and oxygen atoms in total. The fraction of sp³-hybridized carbons (Fsp3) is 0.533. The molecule has 1 atom stereocenters. The molecule has 1 saturated heterocycles. The van der Waals surface area contributed by atoms with Crippen LogP contribution < -0.4 is 0 Å². The molecule has 0 aliphatic carbocycles. The van der Waals surface area contributed by atoms with Gasteiger partial charge >= 0.3 is 5.97 Å². The minimum absolute atomic E-state index is 0.169. The van der Waals surface area contributed by atoms with E-state index in [1.807, 2.05) is 11.8 Å². The number of nitrogens with zero attached hydrogens (tertiary/aromatic N) is 1. The van der Waals surface area contributed by atoms with Crippen LogP contribution in [0.3, 0.4) is 0 Å². The van der Waals surface area contributed by atoms with E-state index in [-0.39, 0.29) is 12.5 Å². The average molecular weight is 279 g/mol. The molecule has 1 N–H and O–H groups in total. The zero-order valence-electron chi connectivity index (χ0n) is 11.3. The van der Waals surface area contributed by atoms with Crippen molar-refractivity contribution in [3.05, 3.63) is 35.4 Å². The predicted molar refractivity (Wildman–Crippen MR) is 79.6 cm³/mol. The molecule has 0 radical (unpaired) electrons. The van der Waals surface area contributed by atoms with E-state index in [0.29, 0.717) is 0 Å². The average Bonchev–Trinajstić information content (AvgIpc) is 2.41. The molecule has 0 aromatic heterocycles. The molecule has 0 bridgehead atoms. The van der Waals surface area contributed by atoms with Crippen molar-refractivity contribution in [1.82, 2.24) is 4.90 Å². The van der Waals surface area contributed by atoms with Crippen LogP contribution in [0.5, 0.6) is 0 Å². The highest BCUT2D eigenvalue weighted by Crippen LogP contribution is 2.21. The Bertz CT molecular complexity index is 419. The summed E-state index contributed by atoms with van der Waals surface area (Å²) in [6.45, 7) is 4.00. The van der Waals surface area contributed by atoms with E-state index in [1.165, 1.54) is 11.1 Å². The second-order valence-corrected chi connectivity index (χ2v) is 6.12. The zero-order valence-corrected chi connectivity index (χ0v) is 12.2. The summed E-state index contributed by atoms with van der Waals surface area (Å²) < 4.78 is 0. The van der Waals surface area contributed by atoms with Gasteiger partial charge < -0.3 is 5.11 Å². The summed E-state index contributed by atoms with van der Waals surface area (Å²) in [5, 5.41) is 8.98. The van der Waals surface area contributed by atoms with Crippen LogP contribution in [0.4, 0.5) is 0 Å².